The maximum absolute atomic E-state index is 10.6. The van der Waals surface area contributed by atoms with E-state index in [9.17, 15) is 9.90 Å². The standard InChI is InChI=1S/C13H15Cl2NO3/c1-16(3-2-12(18)19)13-9-4-7(14)5-10(15)8(9)6-11(13)17/h4-5,11,13,17H,2-3,6H2,1H3,(H,18,19). The molecule has 1 aromatic carbocycles. The van der Waals surface area contributed by atoms with Crippen LogP contribution in [0.15, 0.2) is 12.1 Å². The van der Waals surface area contributed by atoms with Gasteiger partial charge in [-0.25, -0.2) is 0 Å². The van der Waals surface area contributed by atoms with Gasteiger partial charge in [0.05, 0.1) is 18.6 Å². The van der Waals surface area contributed by atoms with Crippen LogP contribution in [0.5, 0.6) is 0 Å². The summed E-state index contributed by atoms with van der Waals surface area (Å²) in [5.74, 6) is -0.858. The van der Waals surface area contributed by atoms with Crippen molar-refractivity contribution in [3.63, 3.8) is 0 Å². The van der Waals surface area contributed by atoms with E-state index in [0.29, 0.717) is 23.0 Å². The van der Waals surface area contributed by atoms with Crippen LogP contribution >= 0.6 is 23.2 Å². The fourth-order valence-electron chi connectivity index (χ4n) is 2.57. The molecular weight excluding hydrogens is 289 g/mol. The van der Waals surface area contributed by atoms with Crippen molar-refractivity contribution in [2.75, 3.05) is 13.6 Å². The Balaban J connectivity index is 2.26. The summed E-state index contributed by atoms with van der Waals surface area (Å²) in [7, 11) is 1.79. The van der Waals surface area contributed by atoms with Crippen molar-refractivity contribution in [3.8, 4) is 0 Å². The third-order valence-electron chi connectivity index (χ3n) is 3.44. The predicted molar refractivity (Wildman–Crippen MR) is 73.8 cm³/mol. The predicted octanol–water partition coefficient (Wildman–Crippen LogP) is 2.36. The lowest BCUT2D eigenvalue weighted by atomic mass is 10.1. The van der Waals surface area contributed by atoms with Crippen LogP contribution in [0.2, 0.25) is 10.0 Å². The number of hydrogen-bond acceptors (Lipinski definition) is 3. The summed E-state index contributed by atoms with van der Waals surface area (Å²) in [5.41, 5.74) is 1.78. The van der Waals surface area contributed by atoms with Crippen LogP contribution in [0.1, 0.15) is 23.6 Å². The minimum Gasteiger partial charge on any atom is -0.481 e. The number of benzene rings is 1. The van der Waals surface area contributed by atoms with Gasteiger partial charge < -0.3 is 10.2 Å². The second-order valence-electron chi connectivity index (χ2n) is 4.80. The highest BCUT2D eigenvalue weighted by atomic mass is 35.5. The van der Waals surface area contributed by atoms with Gasteiger partial charge >= 0.3 is 5.97 Å². The van der Waals surface area contributed by atoms with E-state index in [2.05, 4.69) is 0 Å². The molecule has 2 atom stereocenters. The molecule has 104 valence electrons. The Kier molecular flexibility index (Phi) is 4.36. The quantitative estimate of drug-likeness (QED) is 0.896. The molecule has 0 heterocycles. The molecule has 0 radical (unpaired) electrons. The molecule has 0 fully saturated rings. The first-order valence-corrected chi connectivity index (χ1v) is 6.73. The van der Waals surface area contributed by atoms with Gasteiger partial charge in [-0.2, -0.15) is 0 Å². The first-order valence-electron chi connectivity index (χ1n) is 5.98. The van der Waals surface area contributed by atoms with Gasteiger partial charge in [-0.3, -0.25) is 9.69 Å². The van der Waals surface area contributed by atoms with Crippen molar-refractivity contribution in [3.05, 3.63) is 33.3 Å². The van der Waals surface area contributed by atoms with Gasteiger partial charge in [-0.05, 0) is 30.3 Å². The van der Waals surface area contributed by atoms with Crippen LogP contribution in [0.25, 0.3) is 0 Å². The molecule has 2 rings (SSSR count). The van der Waals surface area contributed by atoms with Crippen LogP contribution in [0.3, 0.4) is 0 Å². The Hall–Kier alpha value is -0.810. The number of hydrogen-bond donors (Lipinski definition) is 2. The number of fused-ring (bicyclic) bond motifs is 1. The van der Waals surface area contributed by atoms with E-state index in [0.717, 1.165) is 11.1 Å². The van der Waals surface area contributed by atoms with E-state index in [1.54, 1.807) is 19.2 Å². The average molecular weight is 304 g/mol. The van der Waals surface area contributed by atoms with Crippen LogP contribution in [0.4, 0.5) is 0 Å². The van der Waals surface area contributed by atoms with E-state index < -0.39 is 12.1 Å². The Labute approximate surface area is 121 Å². The molecule has 0 aromatic heterocycles. The lowest BCUT2D eigenvalue weighted by Gasteiger charge is -2.27. The number of carbonyl (C=O) groups is 1. The Morgan fingerprint density at radius 3 is 2.79 bits per heavy atom. The van der Waals surface area contributed by atoms with Crippen molar-refractivity contribution in [2.24, 2.45) is 0 Å². The van der Waals surface area contributed by atoms with Crippen LogP contribution in [-0.4, -0.2) is 40.8 Å². The lowest BCUT2D eigenvalue weighted by molar-refractivity contribution is -0.137. The maximum atomic E-state index is 10.6. The summed E-state index contributed by atoms with van der Waals surface area (Å²) in [6.45, 7) is 0.362. The van der Waals surface area contributed by atoms with Gasteiger partial charge in [0.2, 0.25) is 0 Å². The summed E-state index contributed by atoms with van der Waals surface area (Å²) < 4.78 is 0. The highest BCUT2D eigenvalue weighted by molar-refractivity contribution is 6.35. The van der Waals surface area contributed by atoms with Crippen molar-refractivity contribution in [1.82, 2.24) is 4.90 Å². The smallest absolute Gasteiger partial charge is 0.304 e. The molecule has 0 saturated heterocycles. The Morgan fingerprint density at radius 1 is 1.47 bits per heavy atom. The monoisotopic (exact) mass is 303 g/mol. The maximum Gasteiger partial charge on any atom is 0.304 e. The van der Waals surface area contributed by atoms with Crippen LogP contribution in [-0.2, 0) is 11.2 Å². The molecule has 2 unspecified atom stereocenters. The number of aliphatic hydroxyl groups is 1. The van der Waals surface area contributed by atoms with Gasteiger partial charge in [0, 0.05) is 23.0 Å². The average Bonchev–Trinajstić information content (AvgIpc) is 2.63. The summed E-state index contributed by atoms with van der Waals surface area (Å²) in [6, 6.07) is 3.19. The zero-order valence-corrected chi connectivity index (χ0v) is 11.9. The molecule has 6 heteroatoms. The molecule has 0 saturated carbocycles. The number of rotatable bonds is 4. The molecule has 0 amide bonds. The van der Waals surface area contributed by atoms with E-state index in [1.165, 1.54) is 0 Å². The van der Waals surface area contributed by atoms with E-state index in [-0.39, 0.29) is 12.5 Å². The number of likely N-dealkylation sites (N-methyl/N-ethyl adjacent to an activating group) is 1. The summed E-state index contributed by atoms with van der Waals surface area (Å²) >= 11 is 12.1. The molecule has 1 aromatic rings. The Morgan fingerprint density at radius 2 is 2.16 bits per heavy atom. The van der Waals surface area contributed by atoms with Gasteiger partial charge in [0.25, 0.3) is 0 Å². The zero-order chi connectivity index (χ0) is 14.2. The number of nitrogens with zero attached hydrogens (tertiary/aromatic N) is 1. The largest absolute Gasteiger partial charge is 0.481 e. The van der Waals surface area contributed by atoms with Crippen LogP contribution in [0, 0.1) is 0 Å². The number of halogens is 2. The van der Waals surface area contributed by atoms with E-state index in [1.807, 2.05) is 4.90 Å². The fraction of sp³-hybridized carbons (Fsp3) is 0.462. The SMILES string of the molecule is CN(CCC(=O)O)C1c2cc(Cl)cc(Cl)c2CC1O. The van der Waals surface area contributed by atoms with Gasteiger partial charge in [0.1, 0.15) is 0 Å². The van der Waals surface area contributed by atoms with Gasteiger partial charge in [-0.1, -0.05) is 23.2 Å². The van der Waals surface area contributed by atoms with Crippen molar-refractivity contribution in [1.29, 1.82) is 0 Å². The van der Waals surface area contributed by atoms with Gasteiger partial charge in [0.15, 0.2) is 0 Å². The zero-order valence-electron chi connectivity index (χ0n) is 10.4. The summed E-state index contributed by atoms with van der Waals surface area (Å²) in [6.07, 6.45) is -0.0960. The minimum absolute atomic E-state index is 0.0311. The van der Waals surface area contributed by atoms with E-state index in [4.69, 9.17) is 28.3 Å². The third kappa shape index (κ3) is 3.03. The lowest BCUT2D eigenvalue weighted by Crippen LogP contribution is -2.32. The minimum atomic E-state index is -0.858. The van der Waals surface area contributed by atoms with Crippen molar-refractivity contribution in [2.45, 2.75) is 25.0 Å². The topological polar surface area (TPSA) is 60.8 Å². The second kappa shape index (κ2) is 5.67. The summed E-state index contributed by atoms with van der Waals surface area (Å²) in [4.78, 5) is 12.5. The van der Waals surface area contributed by atoms with Crippen molar-refractivity contribution < 1.29 is 15.0 Å². The van der Waals surface area contributed by atoms with Gasteiger partial charge in [-0.15, -0.1) is 0 Å². The normalized spacial score (nSPS) is 21.7. The molecule has 4 nitrogen and oxygen atoms in total. The molecule has 1 aliphatic carbocycles. The number of aliphatic hydroxyl groups excluding tert-OH is 1. The molecule has 1 aliphatic rings. The molecule has 0 bridgehead atoms. The molecular formula is C13H15Cl2NO3. The number of aliphatic carboxylic acids is 1. The highest BCUT2D eigenvalue weighted by Gasteiger charge is 2.35. The van der Waals surface area contributed by atoms with Crippen LogP contribution < -0.4 is 0 Å². The molecule has 2 N–H and O–H groups in total. The number of carboxylic acids is 1. The highest BCUT2D eigenvalue weighted by Crippen LogP contribution is 2.40. The van der Waals surface area contributed by atoms with E-state index >= 15 is 0 Å². The first kappa shape index (κ1) is 14.6. The first-order chi connectivity index (χ1) is 8.90. The van der Waals surface area contributed by atoms with Crippen molar-refractivity contribution >= 4 is 29.2 Å². The molecule has 0 aliphatic heterocycles. The Bertz CT molecular complexity index is 507. The molecule has 0 spiro atoms. The number of carboxylic acid groups (broad SMARTS) is 1. The fourth-order valence-corrected chi connectivity index (χ4v) is 3.16. The second-order valence-corrected chi connectivity index (χ2v) is 5.64. The molecule has 19 heavy (non-hydrogen) atoms. The third-order valence-corrected chi connectivity index (χ3v) is 4.00. The summed E-state index contributed by atoms with van der Waals surface area (Å²) in [5, 5.41) is 20.0.